The number of benzene rings is 1. The van der Waals surface area contributed by atoms with Gasteiger partial charge in [-0.05, 0) is 51.1 Å². The molecule has 3 rings (SSSR count). The zero-order valence-electron chi connectivity index (χ0n) is 17.3. The lowest BCUT2D eigenvalue weighted by atomic mass is 10.0. The van der Waals surface area contributed by atoms with E-state index in [1.807, 2.05) is 17.9 Å². The first-order valence-corrected chi connectivity index (χ1v) is 10.1. The Hall–Kier alpha value is -2.47. The number of halogens is 1. The van der Waals surface area contributed by atoms with E-state index in [4.69, 9.17) is 21.1 Å². The lowest BCUT2D eigenvalue weighted by molar-refractivity contribution is -0.147. The third kappa shape index (κ3) is 5.12. The number of rotatable bonds is 5. The van der Waals surface area contributed by atoms with Crippen molar-refractivity contribution in [2.75, 3.05) is 13.1 Å². The fraction of sp³-hybridized carbons (Fsp3) is 0.455. The molecule has 2 heterocycles. The Kier molecular flexibility index (Phi) is 6.22. The molecular weight excluding hydrogens is 392 g/mol. The Balaban J connectivity index is 1.57. The van der Waals surface area contributed by atoms with Crippen molar-refractivity contribution in [3.63, 3.8) is 0 Å². The van der Waals surface area contributed by atoms with Crippen molar-refractivity contribution in [3.05, 3.63) is 57.5 Å². The summed E-state index contributed by atoms with van der Waals surface area (Å²) in [5.41, 5.74) is -0.223. The molecule has 156 valence electrons. The molecule has 1 fully saturated rings. The minimum absolute atomic E-state index is 0.0224. The molecule has 1 aliphatic heterocycles. The molecule has 1 amide bonds. The van der Waals surface area contributed by atoms with Gasteiger partial charge in [0, 0.05) is 49.8 Å². The molecule has 1 aromatic heterocycles. The maximum absolute atomic E-state index is 13.0. The van der Waals surface area contributed by atoms with E-state index in [1.54, 1.807) is 49.7 Å². The van der Waals surface area contributed by atoms with Gasteiger partial charge < -0.3 is 18.9 Å². The van der Waals surface area contributed by atoms with E-state index in [9.17, 15) is 9.59 Å². The second kappa shape index (κ2) is 8.49. The summed E-state index contributed by atoms with van der Waals surface area (Å²) >= 11 is 5.90. The normalized spacial score (nSPS) is 15.3. The Morgan fingerprint density at radius 2 is 1.72 bits per heavy atom. The van der Waals surface area contributed by atoms with E-state index >= 15 is 0 Å². The molecule has 0 unspecified atom stereocenters. The topological polar surface area (TPSA) is 60.8 Å². The molecule has 0 aliphatic carbocycles. The van der Waals surface area contributed by atoms with Crippen LogP contribution in [0.5, 0.6) is 11.5 Å². The predicted octanol–water partition coefficient (Wildman–Crippen LogP) is 3.57. The minimum atomic E-state index is -0.982. The number of carbonyl (C=O) groups excluding carboxylic acids is 1. The smallest absolute Gasteiger partial charge is 0.266 e. The number of carbonyl (C=O) groups is 1. The molecule has 7 heteroatoms. The summed E-state index contributed by atoms with van der Waals surface area (Å²) in [5.74, 6) is 1.13. The van der Waals surface area contributed by atoms with Gasteiger partial charge >= 0.3 is 0 Å². The molecule has 0 bridgehead atoms. The van der Waals surface area contributed by atoms with Crippen LogP contribution >= 0.6 is 11.6 Å². The number of aromatic nitrogens is 1. The average molecular weight is 419 g/mol. The van der Waals surface area contributed by atoms with Crippen molar-refractivity contribution >= 4 is 17.5 Å². The van der Waals surface area contributed by atoms with E-state index in [0.717, 1.165) is 5.69 Å². The number of ether oxygens (including phenoxy) is 2. The lowest BCUT2D eigenvalue weighted by Crippen LogP contribution is -2.52. The Bertz CT molecular complexity index is 929. The highest BCUT2D eigenvalue weighted by Crippen LogP contribution is 2.25. The first kappa shape index (κ1) is 21.2. The van der Waals surface area contributed by atoms with E-state index in [-0.39, 0.29) is 17.6 Å². The van der Waals surface area contributed by atoms with Crippen molar-refractivity contribution in [3.8, 4) is 11.5 Å². The molecule has 0 atom stereocenters. The number of aryl methyl sites for hydroxylation is 1. The van der Waals surface area contributed by atoms with Gasteiger partial charge in [-0.2, -0.15) is 0 Å². The molecule has 1 aromatic carbocycles. The first-order valence-electron chi connectivity index (χ1n) is 9.74. The van der Waals surface area contributed by atoms with Crippen LogP contribution in [-0.2, 0) is 11.8 Å². The monoisotopic (exact) mass is 418 g/mol. The van der Waals surface area contributed by atoms with E-state index in [1.165, 1.54) is 6.07 Å². The van der Waals surface area contributed by atoms with E-state index in [0.29, 0.717) is 42.5 Å². The number of likely N-dealkylation sites (tertiary alicyclic amines) is 1. The van der Waals surface area contributed by atoms with Gasteiger partial charge in [-0.1, -0.05) is 11.6 Å². The number of nitrogens with zero attached hydrogens (tertiary/aromatic N) is 2. The Morgan fingerprint density at radius 1 is 1.10 bits per heavy atom. The SMILES string of the molecule is Cc1cc(OC2CCN(C(=O)C(C)(C)Oc3ccc(Cl)cc3)CC2)cc(=O)n1C. The highest BCUT2D eigenvalue weighted by molar-refractivity contribution is 6.30. The summed E-state index contributed by atoms with van der Waals surface area (Å²) in [7, 11) is 1.74. The van der Waals surface area contributed by atoms with Crippen LogP contribution in [-0.4, -0.2) is 40.2 Å². The summed E-state index contributed by atoms with van der Waals surface area (Å²) in [4.78, 5) is 26.7. The van der Waals surface area contributed by atoms with Crippen molar-refractivity contribution in [1.29, 1.82) is 0 Å². The van der Waals surface area contributed by atoms with Crippen molar-refractivity contribution in [1.82, 2.24) is 9.47 Å². The molecule has 0 radical (unpaired) electrons. The molecule has 1 saturated heterocycles. The number of hydrogen-bond donors (Lipinski definition) is 0. The second-order valence-electron chi connectivity index (χ2n) is 7.91. The second-order valence-corrected chi connectivity index (χ2v) is 8.34. The van der Waals surface area contributed by atoms with Crippen LogP contribution in [0.15, 0.2) is 41.2 Å². The van der Waals surface area contributed by atoms with Gasteiger partial charge in [0.1, 0.15) is 17.6 Å². The summed E-state index contributed by atoms with van der Waals surface area (Å²) in [6, 6.07) is 10.3. The standard InChI is InChI=1S/C22H27ClN2O4/c1-15-13-19(14-20(26)24(15)4)28-17-9-11-25(12-10-17)21(27)22(2,3)29-18-7-5-16(23)6-8-18/h5-8,13-14,17H,9-12H2,1-4H3. The molecule has 29 heavy (non-hydrogen) atoms. The zero-order valence-corrected chi connectivity index (χ0v) is 18.0. The van der Waals surface area contributed by atoms with Crippen LogP contribution in [0.3, 0.4) is 0 Å². The molecule has 1 aliphatic rings. The van der Waals surface area contributed by atoms with Crippen LogP contribution in [0.2, 0.25) is 5.02 Å². The summed E-state index contributed by atoms with van der Waals surface area (Å²) < 4.78 is 13.5. The van der Waals surface area contributed by atoms with Crippen LogP contribution in [0, 0.1) is 6.92 Å². The highest BCUT2D eigenvalue weighted by atomic mass is 35.5. The molecule has 0 N–H and O–H groups in total. The van der Waals surface area contributed by atoms with Gasteiger partial charge in [-0.3, -0.25) is 9.59 Å². The highest BCUT2D eigenvalue weighted by Gasteiger charge is 2.36. The fourth-order valence-corrected chi connectivity index (χ4v) is 3.52. The zero-order chi connectivity index (χ0) is 21.2. The maximum atomic E-state index is 13.0. The van der Waals surface area contributed by atoms with Crippen LogP contribution < -0.4 is 15.0 Å². The third-order valence-electron chi connectivity index (χ3n) is 5.21. The summed E-state index contributed by atoms with van der Waals surface area (Å²) in [5, 5.41) is 0.620. The third-order valence-corrected chi connectivity index (χ3v) is 5.46. The Labute approximate surface area is 176 Å². The number of hydrogen-bond acceptors (Lipinski definition) is 4. The molecule has 2 aromatic rings. The lowest BCUT2D eigenvalue weighted by Gasteiger charge is -2.37. The number of amides is 1. The maximum Gasteiger partial charge on any atom is 0.266 e. The summed E-state index contributed by atoms with van der Waals surface area (Å²) in [6.45, 7) is 6.59. The fourth-order valence-electron chi connectivity index (χ4n) is 3.40. The van der Waals surface area contributed by atoms with Gasteiger partial charge in [0.2, 0.25) is 0 Å². The summed E-state index contributed by atoms with van der Waals surface area (Å²) in [6.07, 6.45) is 1.39. The molecule has 6 nitrogen and oxygen atoms in total. The van der Waals surface area contributed by atoms with Crippen LogP contribution in [0.25, 0.3) is 0 Å². The van der Waals surface area contributed by atoms with Gasteiger partial charge in [0.05, 0.1) is 0 Å². The van der Waals surface area contributed by atoms with Crippen molar-refractivity contribution in [2.45, 2.75) is 45.3 Å². The minimum Gasteiger partial charge on any atom is -0.490 e. The average Bonchev–Trinajstić information content (AvgIpc) is 2.68. The van der Waals surface area contributed by atoms with Crippen LogP contribution in [0.1, 0.15) is 32.4 Å². The Morgan fingerprint density at radius 3 is 2.31 bits per heavy atom. The van der Waals surface area contributed by atoms with E-state index in [2.05, 4.69) is 0 Å². The molecule has 0 saturated carbocycles. The van der Waals surface area contributed by atoms with Gasteiger partial charge in [-0.15, -0.1) is 0 Å². The largest absolute Gasteiger partial charge is 0.490 e. The molecule has 0 spiro atoms. The van der Waals surface area contributed by atoms with E-state index < -0.39 is 5.60 Å². The van der Waals surface area contributed by atoms with Gasteiger partial charge in [0.15, 0.2) is 5.60 Å². The number of pyridine rings is 1. The van der Waals surface area contributed by atoms with Crippen LogP contribution in [0.4, 0.5) is 0 Å². The predicted molar refractivity (Wildman–Crippen MR) is 113 cm³/mol. The quantitative estimate of drug-likeness (QED) is 0.744. The van der Waals surface area contributed by atoms with Crippen molar-refractivity contribution < 1.29 is 14.3 Å². The van der Waals surface area contributed by atoms with Crippen molar-refractivity contribution in [2.24, 2.45) is 7.05 Å². The molecular formula is C22H27ClN2O4. The number of piperidine rings is 1. The van der Waals surface area contributed by atoms with Gasteiger partial charge in [-0.25, -0.2) is 0 Å². The first-order chi connectivity index (χ1) is 13.7. The van der Waals surface area contributed by atoms with Gasteiger partial charge in [0.25, 0.3) is 11.5 Å².